The Morgan fingerprint density at radius 1 is 1.59 bits per heavy atom. The molecule has 0 aliphatic carbocycles. The van der Waals surface area contributed by atoms with Crippen molar-refractivity contribution in [3.05, 3.63) is 24.3 Å². The number of benzene rings is 1. The molecule has 1 heterocycles. The summed E-state index contributed by atoms with van der Waals surface area (Å²) in [6.45, 7) is 1.72. The van der Waals surface area contributed by atoms with Crippen LogP contribution in [-0.4, -0.2) is 38.7 Å². The number of amides is 1. The van der Waals surface area contributed by atoms with Crippen LogP contribution in [0.2, 0.25) is 0 Å². The second-order valence-corrected chi connectivity index (χ2v) is 3.94. The average molecular weight is 235 g/mol. The molecule has 0 aromatic heterocycles. The zero-order chi connectivity index (χ0) is 12.3. The van der Waals surface area contributed by atoms with E-state index >= 15 is 0 Å². The number of anilines is 1. The zero-order valence-corrected chi connectivity index (χ0v) is 9.85. The molecule has 92 valence electrons. The average Bonchev–Trinajstić information content (AvgIpc) is 2.38. The third-order valence-electron chi connectivity index (χ3n) is 2.94. The fourth-order valence-corrected chi connectivity index (χ4v) is 2.05. The van der Waals surface area contributed by atoms with E-state index in [1.165, 1.54) is 0 Å². The molecule has 0 bridgehead atoms. The number of hydrogen-bond donors (Lipinski definition) is 2. The van der Waals surface area contributed by atoms with Crippen LogP contribution in [0.25, 0.3) is 0 Å². The molecular weight excluding hydrogens is 218 g/mol. The number of methoxy groups -OCH3 is 1. The highest BCUT2D eigenvalue weighted by Crippen LogP contribution is 2.23. The molecule has 1 fully saturated rings. The standard InChI is InChI=1S/C12H17N3O2/c1-17-10-4-2-3-9(7-10)15-6-5-14-12(16)11(15)8-13/h2-4,7,11H,5-6,8,13H2,1H3,(H,14,16). The van der Waals surface area contributed by atoms with Crippen LogP contribution < -0.4 is 20.7 Å². The number of nitrogens with two attached hydrogens (primary N) is 1. The summed E-state index contributed by atoms with van der Waals surface area (Å²) in [7, 11) is 1.63. The third kappa shape index (κ3) is 2.34. The fourth-order valence-electron chi connectivity index (χ4n) is 2.05. The van der Waals surface area contributed by atoms with Crippen LogP contribution in [0.15, 0.2) is 24.3 Å². The molecule has 5 heteroatoms. The summed E-state index contributed by atoms with van der Waals surface area (Å²) in [5, 5.41) is 2.82. The summed E-state index contributed by atoms with van der Waals surface area (Å²) in [5.74, 6) is 0.769. The van der Waals surface area contributed by atoms with Crippen molar-refractivity contribution in [1.29, 1.82) is 0 Å². The molecule has 5 nitrogen and oxygen atoms in total. The minimum absolute atomic E-state index is 0.0124. The molecule has 1 amide bonds. The van der Waals surface area contributed by atoms with Gasteiger partial charge in [-0.25, -0.2) is 0 Å². The lowest BCUT2D eigenvalue weighted by molar-refractivity contribution is -0.123. The fraction of sp³-hybridized carbons (Fsp3) is 0.417. The van der Waals surface area contributed by atoms with Gasteiger partial charge in [0.15, 0.2) is 0 Å². The van der Waals surface area contributed by atoms with Gasteiger partial charge in [0.25, 0.3) is 0 Å². The predicted octanol–water partition coefficient (Wildman–Crippen LogP) is -0.0413. The van der Waals surface area contributed by atoms with E-state index in [9.17, 15) is 4.79 Å². The van der Waals surface area contributed by atoms with Gasteiger partial charge in [-0.2, -0.15) is 0 Å². The maximum Gasteiger partial charge on any atom is 0.244 e. The molecule has 0 saturated carbocycles. The molecule has 1 atom stereocenters. The van der Waals surface area contributed by atoms with Gasteiger partial charge in [-0.05, 0) is 12.1 Å². The summed E-state index contributed by atoms with van der Waals surface area (Å²) in [5.41, 5.74) is 6.63. The lowest BCUT2D eigenvalue weighted by Gasteiger charge is -2.36. The largest absolute Gasteiger partial charge is 0.497 e. The first-order valence-corrected chi connectivity index (χ1v) is 5.64. The SMILES string of the molecule is COc1cccc(N2CCNC(=O)C2CN)c1. The molecular formula is C12H17N3O2. The maximum atomic E-state index is 11.7. The van der Waals surface area contributed by atoms with Crippen LogP contribution in [0.1, 0.15) is 0 Å². The van der Waals surface area contributed by atoms with Crippen molar-refractivity contribution in [3.63, 3.8) is 0 Å². The summed E-state index contributed by atoms with van der Waals surface area (Å²) >= 11 is 0. The minimum atomic E-state index is -0.296. The van der Waals surface area contributed by atoms with E-state index in [0.717, 1.165) is 18.0 Å². The van der Waals surface area contributed by atoms with Crippen molar-refractivity contribution in [3.8, 4) is 5.75 Å². The number of piperazine rings is 1. The van der Waals surface area contributed by atoms with Gasteiger partial charge < -0.3 is 20.7 Å². The summed E-state index contributed by atoms with van der Waals surface area (Å²) in [6, 6.07) is 7.38. The first-order valence-electron chi connectivity index (χ1n) is 5.64. The summed E-state index contributed by atoms with van der Waals surface area (Å²) in [4.78, 5) is 13.7. The van der Waals surface area contributed by atoms with E-state index in [1.54, 1.807) is 7.11 Å². The molecule has 1 unspecified atom stereocenters. The van der Waals surface area contributed by atoms with Crippen LogP contribution in [0.3, 0.4) is 0 Å². The van der Waals surface area contributed by atoms with Crippen LogP contribution in [-0.2, 0) is 4.79 Å². The number of nitrogens with zero attached hydrogens (tertiary/aromatic N) is 1. The van der Waals surface area contributed by atoms with Crippen molar-refractivity contribution in [2.45, 2.75) is 6.04 Å². The third-order valence-corrected chi connectivity index (χ3v) is 2.94. The van der Waals surface area contributed by atoms with Crippen LogP contribution in [0.4, 0.5) is 5.69 Å². The van der Waals surface area contributed by atoms with Gasteiger partial charge in [0.05, 0.1) is 7.11 Å². The minimum Gasteiger partial charge on any atom is -0.497 e. The molecule has 0 radical (unpaired) electrons. The smallest absolute Gasteiger partial charge is 0.244 e. The molecule has 17 heavy (non-hydrogen) atoms. The number of ether oxygens (including phenoxy) is 1. The molecule has 1 aliphatic rings. The Balaban J connectivity index is 2.27. The molecule has 3 N–H and O–H groups in total. The van der Waals surface area contributed by atoms with Crippen molar-refractivity contribution < 1.29 is 9.53 Å². The van der Waals surface area contributed by atoms with Gasteiger partial charge in [-0.1, -0.05) is 6.07 Å². The van der Waals surface area contributed by atoms with Gasteiger partial charge in [0, 0.05) is 31.4 Å². The topological polar surface area (TPSA) is 67.6 Å². The van der Waals surface area contributed by atoms with Crippen molar-refractivity contribution in [2.75, 3.05) is 31.6 Å². The van der Waals surface area contributed by atoms with E-state index in [-0.39, 0.29) is 11.9 Å². The van der Waals surface area contributed by atoms with Gasteiger partial charge in [0.2, 0.25) is 5.91 Å². The molecule has 1 aromatic rings. The predicted molar refractivity (Wildman–Crippen MR) is 66.2 cm³/mol. The highest BCUT2D eigenvalue weighted by Gasteiger charge is 2.28. The van der Waals surface area contributed by atoms with Crippen molar-refractivity contribution in [1.82, 2.24) is 5.32 Å². The van der Waals surface area contributed by atoms with Gasteiger partial charge in [-0.3, -0.25) is 4.79 Å². The highest BCUT2D eigenvalue weighted by molar-refractivity contribution is 5.86. The van der Waals surface area contributed by atoms with E-state index in [0.29, 0.717) is 13.1 Å². The molecule has 0 spiro atoms. The first kappa shape index (κ1) is 11.7. The van der Waals surface area contributed by atoms with E-state index in [1.807, 2.05) is 29.2 Å². The van der Waals surface area contributed by atoms with Gasteiger partial charge >= 0.3 is 0 Å². The Morgan fingerprint density at radius 2 is 2.41 bits per heavy atom. The monoisotopic (exact) mass is 235 g/mol. The normalized spacial score (nSPS) is 20.0. The number of nitrogens with one attached hydrogen (secondary N) is 1. The lowest BCUT2D eigenvalue weighted by atomic mass is 10.1. The molecule has 1 aliphatic heterocycles. The number of carbonyl (C=O) groups is 1. The lowest BCUT2D eigenvalue weighted by Crippen LogP contribution is -2.58. The van der Waals surface area contributed by atoms with Crippen molar-refractivity contribution >= 4 is 11.6 Å². The first-order chi connectivity index (χ1) is 8.26. The molecule has 1 saturated heterocycles. The number of carbonyl (C=O) groups excluding carboxylic acids is 1. The number of hydrogen-bond acceptors (Lipinski definition) is 4. The molecule has 1 aromatic carbocycles. The Labute approximate surface area is 101 Å². The van der Waals surface area contributed by atoms with Crippen LogP contribution in [0, 0.1) is 0 Å². The van der Waals surface area contributed by atoms with Crippen LogP contribution in [0.5, 0.6) is 5.75 Å². The number of rotatable bonds is 3. The van der Waals surface area contributed by atoms with E-state index in [2.05, 4.69) is 5.32 Å². The second-order valence-electron chi connectivity index (χ2n) is 3.94. The highest BCUT2D eigenvalue weighted by atomic mass is 16.5. The Morgan fingerprint density at radius 3 is 3.12 bits per heavy atom. The summed E-state index contributed by atoms with van der Waals surface area (Å²) < 4.78 is 5.18. The van der Waals surface area contributed by atoms with Gasteiger partial charge in [-0.15, -0.1) is 0 Å². The maximum absolute atomic E-state index is 11.7. The Hall–Kier alpha value is -1.75. The zero-order valence-electron chi connectivity index (χ0n) is 9.85. The van der Waals surface area contributed by atoms with Crippen molar-refractivity contribution in [2.24, 2.45) is 5.73 Å². The summed E-state index contributed by atoms with van der Waals surface area (Å²) in [6.07, 6.45) is 0. The van der Waals surface area contributed by atoms with E-state index in [4.69, 9.17) is 10.5 Å². The quantitative estimate of drug-likeness (QED) is 0.771. The van der Waals surface area contributed by atoms with E-state index < -0.39 is 0 Å². The van der Waals surface area contributed by atoms with Gasteiger partial charge in [0.1, 0.15) is 11.8 Å². The van der Waals surface area contributed by atoms with Crippen LogP contribution >= 0.6 is 0 Å². The molecule has 2 rings (SSSR count). The Bertz CT molecular complexity index is 408. The second kappa shape index (κ2) is 5.05. The Kier molecular flexibility index (Phi) is 3.49.